The van der Waals surface area contributed by atoms with E-state index in [0.717, 1.165) is 12.3 Å². The molecule has 1 atom stereocenters. The maximum Gasteiger partial charge on any atom is 0.407 e. The van der Waals surface area contributed by atoms with Gasteiger partial charge >= 0.3 is 6.09 Å². The number of nitrogens with one attached hydrogen (secondary N) is 1. The van der Waals surface area contributed by atoms with Crippen molar-refractivity contribution >= 4 is 17.9 Å². The van der Waals surface area contributed by atoms with Crippen LogP contribution in [-0.4, -0.2) is 30.2 Å². The van der Waals surface area contributed by atoms with Gasteiger partial charge in [-0.2, -0.15) is 11.8 Å². The Kier molecular flexibility index (Phi) is 2.98. The summed E-state index contributed by atoms with van der Waals surface area (Å²) in [7, 11) is 0. The zero-order chi connectivity index (χ0) is 9.10. The van der Waals surface area contributed by atoms with Crippen molar-refractivity contribution < 1.29 is 9.53 Å². The molecule has 2 fully saturated rings. The van der Waals surface area contributed by atoms with Gasteiger partial charge in [0.25, 0.3) is 0 Å². The molecule has 0 aromatic carbocycles. The zero-order valence-corrected chi connectivity index (χ0v) is 8.44. The highest BCUT2D eigenvalue weighted by atomic mass is 32.2. The van der Waals surface area contributed by atoms with E-state index >= 15 is 0 Å². The highest BCUT2D eigenvalue weighted by molar-refractivity contribution is 7.99. The molecule has 2 heterocycles. The standard InChI is InChI=1S/C9H15NO2S/c11-9-10-6-8(12-9)5-7-1-3-13-4-2-7/h7-8H,1-6H2,(H,10,11). The van der Waals surface area contributed by atoms with Crippen molar-refractivity contribution in [3.8, 4) is 0 Å². The molecule has 3 nitrogen and oxygen atoms in total. The minimum absolute atomic E-state index is 0.139. The molecule has 1 amide bonds. The van der Waals surface area contributed by atoms with Crippen LogP contribution in [0.15, 0.2) is 0 Å². The second kappa shape index (κ2) is 4.22. The summed E-state index contributed by atoms with van der Waals surface area (Å²) in [4.78, 5) is 10.8. The van der Waals surface area contributed by atoms with E-state index in [0.29, 0.717) is 6.54 Å². The molecule has 0 saturated carbocycles. The zero-order valence-electron chi connectivity index (χ0n) is 7.62. The Morgan fingerprint density at radius 2 is 2.23 bits per heavy atom. The number of carbonyl (C=O) groups excluding carboxylic acids is 1. The molecule has 0 aromatic rings. The lowest BCUT2D eigenvalue weighted by molar-refractivity contribution is 0.124. The van der Waals surface area contributed by atoms with Crippen molar-refractivity contribution in [1.29, 1.82) is 0 Å². The van der Waals surface area contributed by atoms with Gasteiger partial charge in [-0.15, -0.1) is 0 Å². The van der Waals surface area contributed by atoms with Crippen molar-refractivity contribution in [1.82, 2.24) is 5.32 Å². The fourth-order valence-electron chi connectivity index (χ4n) is 1.92. The van der Waals surface area contributed by atoms with E-state index in [1.165, 1.54) is 24.3 Å². The van der Waals surface area contributed by atoms with E-state index in [1.807, 2.05) is 11.8 Å². The number of rotatable bonds is 2. The summed E-state index contributed by atoms with van der Waals surface area (Å²) in [5.41, 5.74) is 0. The molecule has 0 bridgehead atoms. The molecule has 1 N–H and O–H groups in total. The van der Waals surface area contributed by atoms with Gasteiger partial charge in [0, 0.05) is 0 Å². The Morgan fingerprint density at radius 1 is 1.46 bits per heavy atom. The molecule has 74 valence electrons. The molecule has 13 heavy (non-hydrogen) atoms. The van der Waals surface area contributed by atoms with Crippen LogP contribution in [0.5, 0.6) is 0 Å². The van der Waals surface area contributed by atoms with Crippen LogP contribution in [0.1, 0.15) is 19.3 Å². The molecule has 2 aliphatic rings. The number of amides is 1. The summed E-state index contributed by atoms with van der Waals surface area (Å²) in [6.07, 6.45) is 3.53. The number of hydrogen-bond acceptors (Lipinski definition) is 3. The Hall–Kier alpha value is -0.380. The van der Waals surface area contributed by atoms with Crippen LogP contribution in [0.25, 0.3) is 0 Å². The lowest BCUT2D eigenvalue weighted by Crippen LogP contribution is -2.20. The average Bonchev–Trinajstić information content (AvgIpc) is 2.53. The topological polar surface area (TPSA) is 38.3 Å². The van der Waals surface area contributed by atoms with E-state index in [4.69, 9.17) is 4.74 Å². The van der Waals surface area contributed by atoms with Crippen LogP contribution in [0.3, 0.4) is 0 Å². The van der Waals surface area contributed by atoms with E-state index in [-0.39, 0.29) is 12.2 Å². The highest BCUT2D eigenvalue weighted by Crippen LogP contribution is 2.27. The van der Waals surface area contributed by atoms with Gasteiger partial charge in [0.05, 0.1) is 6.54 Å². The van der Waals surface area contributed by atoms with Crippen molar-refractivity contribution in [2.24, 2.45) is 5.92 Å². The smallest absolute Gasteiger partial charge is 0.407 e. The van der Waals surface area contributed by atoms with Crippen LogP contribution in [0, 0.1) is 5.92 Å². The SMILES string of the molecule is O=C1NCC(CC2CCSCC2)O1. The summed E-state index contributed by atoms with van der Waals surface area (Å²) >= 11 is 2.03. The Bertz CT molecular complexity index is 192. The Balaban J connectivity index is 1.73. The summed E-state index contributed by atoms with van der Waals surface area (Å²) in [6.45, 7) is 0.711. The van der Waals surface area contributed by atoms with Crippen molar-refractivity contribution in [3.05, 3.63) is 0 Å². The third-order valence-electron chi connectivity index (χ3n) is 2.68. The summed E-state index contributed by atoms with van der Waals surface area (Å²) in [5.74, 6) is 3.33. The van der Waals surface area contributed by atoms with Gasteiger partial charge in [-0.25, -0.2) is 4.79 Å². The predicted octanol–water partition coefficient (Wildman–Crippen LogP) is 1.63. The van der Waals surface area contributed by atoms with Crippen LogP contribution < -0.4 is 5.32 Å². The fourth-order valence-corrected chi connectivity index (χ4v) is 3.12. The summed E-state index contributed by atoms with van der Waals surface area (Å²) in [6, 6.07) is 0. The molecule has 0 spiro atoms. The number of alkyl carbamates (subject to hydrolysis) is 1. The molecule has 2 saturated heterocycles. The van der Waals surface area contributed by atoms with E-state index < -0.39 is 0 Å². The maximum absolute atomic E-state index is 10.8. The van der Waals surface area contributed by atoms with Gasteiger partial charge in [-0.05, 0) is 36.7 Å². The third-order valence-corrected chi connectivity index (χ3v) is 3.73. The predicted molar refractivity (Wildman–Crippen MR) is 52.9 cm³/mol. The average molecular weight is 201 g/mol. The van der Waals surface area contributed by atoms with Crippen LogP contribution in [0.4, 0.5) is 4.79 Å². The minimum atomic E-state index is -0.241. The van der Waals surface area contributed by atoms with Gasteiger partial charge in [0.15, 0.2) is 0 Å². The Morgan fingerprint density at radius 3 is 2.85 bits per heavy atom. The van der Waals surface area contributed by atoms with Crippen molar-refractivity contribution in [2.45, 2.75) is 25.4 Å². The number of thioether (sulfide) groups is 1. The van der Waals surface area contributed by atoms with Crippen LogP contribution in [-0.2, 0) is 4.74 Å². The van der Waals surface area contributed by atoms with E-state index in [2.05, 4.69) is 5.32 Å². The lowest BCUT2D eigenvalue weighted by atomic mass is 9.96. The van der Waals surface area contributed by atoms with Gasteiger partial charge in [-0.3, -0.25) is 0 Å². The molecule has 4 heteroatoms. The fraction of sp³-hybridized carbons (Fsp3) is 0.889. The van der Waals surface area contributed by atoms with Gasteiger partial charge in [-0.1, -0.05) is 0 Å². The Labute approximate surface area is 82.6 Å². The quantitative estimate of drug-likeness (QED) is 0.738. The second-order valence-corrected chi connectivity index (χ2v) is 4.92. The maximum atomic E-state index is 10.8. The van der Waals surface area contributed by atoms with E-state index in [1.54, 1.807) is 0 Å². The number of cyclic esters (lactones) is 1. The molecule has 0 radical (unpaired) electrons. The highest BCUT2D eigenvalue weighted by Gasteiger charge is 2.26. The van der Waals surface area contributed by atoms with Crippen LogP contribution in [0.2, 0.25) is 0 Å². The second-order valence-electron chi connectivity index (χ2n) is 3.70. The van der Waals surface area contributed by atoms with Gasteiger partial charge in [0.1, 0.15) is 6.10 Å². The molecular weight excluding hydrogens is 186 g/mol. The number of ether oxygens (including phenoxy) is 1. The molecule has 2 rings (SSSR count). The monoisotopic (exact) mass is 201 g/mol. The minimum Gasteiger partial charge on any atom is -0.444 e. The van der Waals surface area contributed by atoms with Gasteiger partial charge in [0.2, 0.25) is 0 Å². The molecular formula is C9H15NO2S. The molecule has 0 aromatic heterocycles. The first-order valence-electron chi connectivity index (χ1n) is 4.87. The summed E-state index contributed by atoms with van der Waals surface area (Å²) in [5, 5.41) is 2.69. The van der Waals surface area contributed by atoms with Gasteiger partial charge < -0.3 is 10.1 Å². The number of carbonyl (C=O) groups is 1. The third kappa shape index (κ3) is 2.53. The first-order chi connectivity index (χ1) is 6.34. The largest absolute Gasteiger partial charge is 0.444 e. The van der Waals surface area contributed by atoms with Crippen molar-refractivity contribution in [2.75, 3.05) is 18.1 Å². The molecule has 1 unspecified atom stereocenters. The van der Waals surface area contributed by atoms with Crippen LogP contribution >= 0.6 is 11.8 Å². The number of hydrogen-bond donors (Lipinski definition) is 1. The van der Waals surface area contributed by atoms with Crippen molar-refractivity contribution in [3.63, 3.8) is 0 Å². The first kappa shape index (κ1) is 9.19. The molecule has 2 aliphatic heterocycles. The normalized spacial score (nSPS) is 29.8. The first-order valence-corrected chi connectivity index (χ1v) is 6.02. The summed E-state index contributed by atoms with van der Waals surface area (Å²) < 4.78 is 5.11. The lowest BCUT2D eigenvalue weighted by Gasteiger charge is -2.22. The molecule has 0 aliphatic carbocycles. The van der Waals surface area contributed by atoms with E-state index in [9.17, 15) is 4.79 Å².